The average molecular weight is 402 g/mol. The fourth-order valence-corrected chi connectivity index (χ4v) is 3.02. The van der Waals surface area contributed by atoms with Crippen molar-refractivity contribution in [1.82, 2.24) is 10.9 Å². The number of hydrazine groups is 1. The molecule has 0 saturated carbocycles. The largest absolute Gasteiger partial charge is 0.482 e. The van der Waals surface area contributed by atoms with Crippen molar-refractivity contribution in [1.29, 1.82) is 0 Å². The van der Waals surface area contributed by atoms with Gasteiger partial charge in [0.05, 0.1) is 11.4 Å². The van der Waals surface area contributed by atoms with Crippen molar-refractivity contribution in [2.24, 2.45) is 0 Å². The van der Waals surface area contributed by atoms with E-state index in [1.54, 1.807) is 41.3 Å². The Balaban J connectivity index is 1.42. The molecule has 1 fully saturated rings. The third-order valence-electron chi connectivity index (χ3n) is 4.22. The van der Waals surface area contributed by atoms with Crippen molar-refractivity contribution < 1.29 is 19.1 Å². The number of amides is 3. The monoisotopic (exact) mass is 401 g/mol. The lowest BCUT2D eigenvalue weighted by molar-refractivity contribution is -0.129. The Morgan fingerprint density at radius 3 is 2.43 bits per heavy atom. The summed E-state index contributed by atoms with van der Waals surface area (Å²) >= 11 is 5.94. The molecular weight excluding hydrogens is 382 g/mol. The smallest absolute Gasteiger partial charge is 0.276 e. The molecule has 1 aliphatic rings. The fraction of sp³-hybridized carbons (Fsp3) is 0.250. The number of hydrogen-bond acceptors (Lipinski definition) is 4. The standard InChI is InChI=1S/C20H20ClN3O4/c21-16-4-1-2-5-17(16)28-13-19(26)23-22-18(25)12-14-7-9-15(10-8-14)24-11-3-6-20(24)27/h1-2,4-5,7-10H,3,6,11-13H2,(H,22,25)(H,23,26). The van der Waals surface area contributed by atoms with Crippen LogP contribution >= 0.6 is 11.6 Å². The molecule has 1 aliphatic heterocycles. The molecule has 2 N–H and O–H groups in total. The van der Waals surface area contributed by atoms with E-state index < -0.39 is 5.91 Å². The molecule has 0 unspecified atom stereocenters. The lowest BCUT2D eigenvalue weighted by Gasteiger charge is -2.16. The van der Waals surface area contributed by atoms with Crippen LogP contribution in [0.2, 0.25) is 5.02 Å². The Morgan fingerprint density at radius 2 is 1.75 bits per heavy atom. The zero-order chi connectivity index (χ0) is 19.9. The van der Waals surface area contributed by atoms with E-state index in [-0.39, 0.29) is 24.8 Å². The Hall–Kier alpha value is -3.06. The number of ether oxygens (including phenoxy) is 1. The Labute approximate surface area is 167 Å². The first-order chi connectivity index (χ1) is 13.5. The van der Waals surface area contributed by atoms with Crippen molar-refractivity contribution in [2.75, 3.05) is 18.1 Å². The SMILES string of the molecule is O=C(COc1ccccc1Cl)NNC(=O)Cc1ccc(N2CCCC2=O)cc1. The zero-order valence-electron chi connectivity index (χ0n) is 15.1. The molecule has 3 rings (SSSR count). The number of carbonyl (C=O) groups is 3. The van der Waals surface area contributed by atoms with Crippen molar-refractivity contribution in [2.45, 2.75) is 19.3 Å². The molecule has 3 amide bonds. The van der Waals surface area contributed by atoms with E-state index in [0.717, 1.165) is 24.2 Å². The van der Waals surface area contributed by atoms with Crippen LogP contribution in [-0.4, -0.2) is 30.9 Å². The number of benzene rings is 2. The molecule has 0 spiro atoms. The highest BCUT2D eigenvalue weighted by Crippen LogP contribution is 2.23. The van der Waals surface area contributed by atoms with Crippen molar-refractivity contribution >= 4 is 35.0 Å². The molecule has 2 aromatic carbocycles. The highest BCUT2D eigenvalue weighted by molar-refractivity contribution is 6.32. The van der Waals surface area contributed by atoms with Gasteiger partial charge >= 0.3 is 0 Å². The second-order valence-corrected chi connectivity index (χ2v) is 6.71. The molecule has 8 heteroatoms. The molecule has 1 saturated heterocycles. The van der Waals surface area contributed by atoms with Gasteiger partial charge in [0.1, 0.15) is 5.75 Å². The van der Waals surface area contributed by atoms with Crippen LogP contribution in [0.1, 0.15) is 18.4 Å². The predicted octanol–water partition coefficient (Wildman–Crippen LogP) is 2.24. The normalized spacial score (nSPS) is 13.3. The fourth-order valence-electron chi connectivity index (χ4n) is 2.83. The minimum Gasteiger partial charge on any atom is -0.482 e. The first-order valence-corrected chi connectivity index (χ1v) is 9.25. The molecule has 0 aromatic heterocycles. The maximum Gasteiger partial charge on any atom is 0.276 e. The highest BCUT2D eigenvalue weighted by Gasteiger charge is 2.21. The van der Waals surface area contributed by atoms with Crippen LogP contribution in [0, 0.1) is 0 Å². The van der Waals surface area contributed by atoms with Gasteiger partial charge in [-0.2, -0.15) is 0 Å². The molecule has 146 valence electrons. The van der Waals surface area contributed by atoms with E-state index in [9.17, 15) is 14.4 Å². The zero-order valence-corrected chi connectivity index (χ0v) is 15.9. The van der Waals surface area contributed by atoms with Crippen LogP contribution in [0.3, 0.4) is 0 Å². The molecule has 0 atom stereocenters. The first-order valence-electron chi connectivity index (χ1n) is 8.87. The van der Waals surface area contributed by atoms with Gasteiger partial charge in [-0.25, -0.2) is 0 Å². The van der Waals surface area contributed by atoms with Gasteiger partial charge in [0.15, 0.2) is 6.61 Å². The second kappa shape index (κ2) is 9.23. The lowest BCUT2D eigenvalue weighted by Crippen LogP contribution is -2.44. The van der Waals surface area contributed by atoms with Gasteiger partial charge in [0, 0.05) is 18.7 Å². The summed E-state index contributed by atoms with van der Waals surface area (Å²) in [6.07, 6.45) is 1.53. The minimum absolute atomic E-state index is 0.0971. The molecule has 0 bridgehead atoms. The number of anilines is 1. The van der Waals surface area contributed by atoms with Crippen molar-refractivity contribution in [3.05, 3.63) is 59.1 Å². The molecule has 0 radical (unpaired) electrons. The van der Waals surface area contributed by atoms with Crippen LogP contribution in [0.25, 0.3) is 0 Å². The van der Waals surface area contributed by atoms with Gasteiger partial charge in [-0.3, -0.25) is 25.2 Å². The number of para-hydroxylation sites is 1. The van der Waals surface area contributed by atoms with Crippen LogP contribution in [0.15, 0.2) is 48.5 Å². The molecule has 28 heavy (non-hydrogen) atoms. The van der Waals surface area contributed by atoms with Crippen LogP contribution in [0.4, 0.5) is 5.69 Å². The highest BCUT2D eigenvalue weighted by atomic mass is 35.5. The van der Waals surface area contributed by atoms with E-state index in [2.05, 4.69) is 10.9 Å². The third-order valence-corrected chi connectivity index (χ3v) is 4.54. The van der Waals surface area contributed by atoms with E-state index in [1.165, 1.54) is 0 Å². The molecule has 1 heterocycles. The topological polar surface area (TPSA) is 87.7 Å². The summed E-state index contributed by atoms with van der Waals surface area (Å²) in [4.78, 5) is 37.3. The number of hydrogen-bond donors (Lipinski definition) is 2. The molecule has 0 aliphatic carbocycles. The molecule has 2 aromatic rings. The Morgan fingerprint density at radius 1 is 1.04 bits per heavy atom. The summed E-state index contributed by atoms with van der Waals surface area (Å²) in [7, 11) is 0. The Bertz CT molecular complexity index is 870. The maximum absolute atomic E-state index is 12.0. The van der Waals surface area contributed by atoms with Gasteiger partial charge in [-0.15, -0.1) is 0 Å². The summed E-state index contributed by atoms with van der Waals surface area (Å²) in [5.74, 6) is -0.360. The van der Waals surface area contributed by atoms with E-state index in [0.29, 0.717) is 17.2 Å². The van der Waals surface area contributed by atoms with E-state index in [4.69, 9.17) is 16.3 Å². The molecular formula is C20H20ClN3O4. The van der Waals surface area contributed by atoms with Gasteiger partial charge in [-0.05, 0) is 36.2 Å². The number of carbonyl (C=O) groups excluding carboxylic acids is 3. The van der Waals surface area contributed by atoms with Gasteiger partial charge in [-0.1, -0.05) is 35.9 Å². The number of nitrogens with zero attached hydrogens (tertiary/aromatic N) is 1. The number of halogens is 1. The van der Waals surface area contributed by atoms with E-state index in [1.807, 2.05) is 12.1 Å². The number of nitrogens with one attached hydrogen (secondary N) is 2. The van der Waals surface area contributed by atoms with Crippen molar-refractivity contribution in [3.8, 4) is 5.75 Å². The summed E-state index contributed by atoms with van der Waals surface area (Å²) in [6, 6.07) is 14.0. The minimum atomic E-state index is -0.504. The van der Waals surface area contributed by atoms with Crippen LogP contribution < -0.4 is 20.5 Å². The summed E-state index contributed by atoms with van der Waals surface area (Å²) in [6.45, 7) is 0.448. The van der Waals surface area contributed by atoms with Gasteiger partial charge in [0.2, 0.25) is 11.8 Å². The van der Waals surface area contributed by atoms with Gasteiger partial charge < -0.3 is 9.64 Å². The van der Waals surface area contributed by atoms with Crippen LogP contribution in [0.5, 0.6) is 5.75 Å². The second-order valence-electron chi connectivity index (χ2n) is 6.31. The van der Waals surface area contributed by atoms with Gasteiger partial charge in [0.25, 0.3) is 5.91 Å². The predicted molar refractivity (Wildman–Crippen MR) is 105 cm³/mol. The first kappa shape index (κ1) is 19.7. The molecule has 7 nitrogen and oxygen atoms in total. The van der Waals surface area contributed by atoms with Crippen molar-refractivity contribution in [3.63, 3.8) is 0 Å². The Kier molecular flexibility index (Phi) is 6.49. The van der Waals surface area contributed by atoms with Crippen LogP contribution in [-0.2, 0) is 20.8 Å². The quantitative estimate of drug-likeness (QED) is 0.726. The maximum atomic E-state index is 12.0. The lowest BCUT2D eigenvalue weighted by atomic mass is 10.1. The van der Waals surface area contributed by atoms with E-state index >= 15 is 0 Å². The average Bonchev–Trinajstić information content (AvgIpc) is 3.12. The third kappa shape index (κ3) is 5.23. The summed E-state index contributed by atoms with van der Waals surface area (Å²) in [5, 5.41) is 0.401. The number of rotatable bonds is 6. The summed E-state index contributed by atoms with van der Waals surface area (Å²) in [5.41, 5.74) is 6.24. The summed E-state index contributed by atoms with van der Waals surface area (Å²) < 4.78 is 5.29.